The van der Waals surface area contributed by atoms with Crippen molar-refractivity contribution in [2.75, 3.05) is 20.1 Å². The van der Waals surface area contributed by atoms with E-state index in [-0.39, 0.29) is 24.2 Å². The van der Waals surface area contributed by atoms with Gasteiger partial charge in [0.05, 0.1) is 11.7 Å². The van der Waals surface area contributed by atoms with Crippen LogP contribution >= 0.6 is 0 Å². The molecule has 3 rings (SSSR count). The van der Waals surface area contributed by atoms with E-state index in [1.54, 1.807) is 11.9 Å². The highest BCUT2D eigenvalue weighted by atomic mass is 16.3. The first-order valence-corrected chi connectivity index (χ1v) is 7.96. The number of aromatic nitrogens is 1. The molecule has 2 atom stereocenters. The van der Waals surface area contributed by atoms with E-state index >= 15 is 0 Å². The summed E-state index contributed by atoms with van der Waals surface area (Å²) in [5, 5.41) is 12.7. The van der Waals surface area contributed by atoms with Gasteiger partial charge < -0.3 is 19.9 Å². The van der Waals surface area contributed by atoms with Crippen LogP contribution in [0.25, 0.3) is 0 Å². The molecule has 2 amide bonds. The van der Waals surface area contributed by atoms with E-state index in [1.807, 2.05) is 12.3 Å². The lowest BCUT2D eigenvalue weighted by molar-refractivity contribution is -0.122. The summed E-state index contributed by atoms with van der Waals surface area (Å²) in [6, 6.07) is 1.89. The normalized spacial score (nSPS) is 24.2. The maximum absolute atomic E-state index is 12.7. The molecule has 2 aliphatic rings. The van der Waals surface area contributed by atoms with Crippen LogP contribution in [-0.4, -0.2) is 52.6 Å². The topological polar surface area (TPSA) is 74.6 Å². The lowest BCUT2D eigenvalue weighted by Crippen LogP contribution is -2.30. The third-order valence-corrected chi connectivity index (χ3v) is 4.79. The Balaban J connectivity index is 1.71. The largest absolute Gasteiger partial charge is 0.391 e. The zero-order chi connectivity index (χ0) is 15.7. The van der Waals surface area contributed by atoms with Gasteiger partial charge in [-0.25, -0.2) is 0 Å². The van der Waals surface area contributed by atoms with Crippen molar-refractivity contribution in [3.05, 3.63) is 23.5 Å². The Morgan fingerprint density at radius 2 is 2.18 bits per heavy atom. The average molecular weight is 305 g/mol. The molecule has 1 fully saturated rings. The van der Waals surface area contributed by atoms with Gasteiger partial charge in [-0.05, 0) is 25.3 Å². The molecule has 0 spiro atoms. The number of nitrogens with one attached hydrogen (secondary N) is 1. The lowest BCUT2D eigenvalue weighted by atomic mass is 10.0. The van der Waals surface area contributed by atoms with Gasteiger partial charge >= 0.3 is 0 Å². The first-order valence-electron chi connectivity index (χ1n) is 7.96. The van der Waals surface area contributed by atoms with Gasteiger partial charge in [-0.15, -0.1) is 0 Å². The summed E-state index contributed by atoms with van der Waals surface area (Å²) < 4.78 is 2.16. The van der Waals surface area contributed by atoms with Gasteiger partial charge in [0.15, 0.2) is 0 Å². The van der Waals surface area contributed by atoms with Gasteiger partial charge in [0.1, 0.15) is 0 Å². The molecule has 2 N–H and O–H groups in total. The van der Waals surface area contributed by atoms with Gasteiger partial charge in [0, 0.05) is 50.9 Å². The van der Waals surface area contributed by atoms with Crippen molar-refractivity contribution in [1.29, 1.82) is 0 Å². The number of hydrogen-bond donors (Lipinski definition) is 2. The number of β-amino-alcohol motifs (C(OH)–C–C–N with tert-alkyl or cyclic N) is 1. The first-order chi connectivity index (χ1) is 10.6. The quantitative estimate of drug-likeness (QED) is 0.848. The van der Waals surface area contributed by atoms with Crippen LogP contribution in [0.2, 0.25) is 0 Å². The maximum Gasteiger partial charge on any atom is 0.255 e. The molecule has 0 saturated carbocycles. The van der Waals surface area contributed by atoms with Gasteiger partial charge in [0.2, 0.25) is 5.91 Å². The summed E-state index contributed by atoms with van der Waals surface area (Å²) >= 11 is 0. The smallest absolute Gasteiger partial charge is 0.255 e. The summed E-state index contributed by atoms with van der Waals surface area (Å²) in [4.78, 5) is 25.9. The third-order valence-electron chi connectivity index (χ3n) is 4.79. The predicted molar refractivity (Wildman–Crippen MR) is 81.5 cm³/mol. The molecular weight excluding hydrogens is 282 g/mol. The standard InChI is InChI=1S/C16H23N3O3/c1-17-15(21)8-11-9-19(10-14(11)20)16(22)12-5-7-18-6-3-2-4-13(12)18/h5,7,11,14,20H,2-4,6,8-10H2,1H3,(H,17,21)/t11-,14-/m1/s1. The molecule has 22 heavy (non-hydrogen) atoms. The van der Waals surface area contributed by atoms with Crippen molar-refractivity contribution in [2.45, 2.75) is 38.3 Å². The number of nitrogens with zero attached hydrogens (tertiary/aromatic N) is 2. The molecule has 0 unspecified atom stereocenters. The predicted octanol–water partition coefficient (Wildman–Crippen LogP) is 0.393. The number of amides is 2. The summed E-state index contributed by atoms with van der Waals surface area (Å²) in [7, 11) is 1.58. The molecule has 0 radical (unpaired) electrons. The number of aliphatic hydroxyl groups excluding tert-OH is 1. The first kappa shape index (κ1) is 15.1. The number of rotatable bonds is 3. The van der Waals surface area contributed by atoms with E-state index in [0.717, 1.165) is 37.1 Å². The van der Waals surface area contributed by atoms with Crippen LogP contribution < -0.4 is 5.32 Å². The summed E-state index contributed by atoms with van der Waals surface area (Å²) in [6.45, 7) is 1.73. The highest BCUT2D eigenvalue weighted by molar-refractivity contribution is 5.96. The van der Waals surface area contributed by atoms with Crippen molar-refractivity contribution in [3.8, 4) is 0 Å². The fourth-order valence-electron chi connectivity index (χ4n) is 3.49. The van der Waals surface area contributed by atoms with Crippen molar-refractivity contribution in [3.63, 3.8) is 0 Å². The third kappa shape index (κ3) is 2.75. The average Bonchev–Trinajstić information content (AvgIpc) is 3.11. The highest BCUT2D eigenvalue weighted by Gasteiger charge is 2.36. The Labute approximate surface area is 130 Å². The molecule has 6 heteroatoms. The minimum atomic E-state index is -0.625. The number of aryl methyl sites for hydroxylation is 1. The van der Waals surface area contributed by atoms with Gasteiger partial charge in [-0.1, -0.05) is 0 Å². The Morgan fingerprint density at radius 3 is 2.95 bits per heavy atom. The van der Waals surface area contributed by atoms with Gasteiger partial charge in [-0.2, -0.15) is 0 Å². The molecule has 1 aromatic rings. The van der Waals surface area contributed by atoms with E-state index < -0.39 is 6.10 Å². The van der Waals surface area contributed by atoms with Crippen LogP contribution in [0.1, 0.15) is 35.3 Å². The molecule has 1 aromatic heterocycles. The van der Waals surface area contributed by atoms with E-state index in [9.17, 15) is 14.7 Å². The van der Waals surface area contributed by atoms with Crippen LogP contribution in [0.15, 0.2) is 12.3 Å². The molecule has 0 aromatic carbocycles. The number of likely N-dealkylation sites (tertiary alicyclic amines) is 1. The second-order valence-electron chi connectivity index (χ2n) is 6.24. The lowest BCUT2D eigenvalue weighted by Gasteiger charge is -2.20. The summed E-state index contributed by atoms with van der Waals surface area (Å²) in [5.41, 5.74) is 1.87. The molecule has 1 saturated heterocycles. The van der Waals surface area contributed by atoms with E-state index in [4.69, 9.17) is 0 Å². The van der Waals surface area contributed by atoms with Crippen LogP contribution in [-0.2, 0) is 17.8 Å². The van der Waals surface area contributed by atoms with Crippen molar-refractivity contribution < 1.29 is 14.7 Å². The van der Waals surface area contributed by atoms with Gasteiger partial charge in [-0.3, -0.25) is 9.59 Å². The monoisotopic (exact) mass is 305 g/mol. The molecule has 0 bridgehead atoms. The van der Waals surface area contributed by atoms with Crippen molar-refractivity contribution in [1.82, 2.24) is 14.8 Å². The van der Waals surface area contributed by atoms with Crippen LogP contribution in [0.3, 0.4) is 0 Å². The SMILES string of the molecule is CNC(=O)C[C@@H]1CN(C(=O)c2ccn3c2CCCC3)C[C@H]1O. The molecule has 2 aliphatic heterocycles. The van der Waals surface area contributed by atoms with Crippen molar-refractivity contribution in [2.24, 2.45) is 5.92 Å². The second-order valence-corrected chi connectivity index (χ2v) is 6.24. The van der Waals surface area contributed by atoms with Crippen LogP contribution in [0.4, 0.5) is 0 Å². The number of carbonyl (C=O) groups is 2. The Kier molecular flexibility index (Phi) is 4.20. The molecule has 0 aliphatic carbocycles. The second kappa shape index (κ2) is 6.12. The number of hydrogen-bond acceptors (Lipinski definition) is 3. The summed E-state index contributed by atoms with van der Waals surface area (Å²) in [5.74, 6) is -0.295. The Hall–Kier alpha value is -1.82. The number of aliphatic hydroxyl groups is 1. The Morgan fingerprint density at radius 1 is 1.36 bits per heavy atom. The fraction of sp³-hybridized carbons (Fsp3) is 0.625. The number of carbonyl (C=O) groups excluding carboxylic acids is 2. The molecule has 120 valence electrons. The maximum atomic E-state index is 12.7. The van der Waals surface area contributed by atoms with E-state index in [1.165, 1.54) is 0 Å². The highest BCUT2D eigenvalue weighted by Crippen LogP contribution is 2.26. The zero-order valence-electron chi connectivity index (χ0n) is 12.9. The van der Waals surface area contributed by atoms with Crippen molar-refractivity contribution >= 4 is 11.8 Å². The summed E-state index contributed by atoms with van der Waals surface area (Å²) in [6.07, 6.45) is 4.83. The van der Waals surface area contributed by atoms with Crippen LogP contribution in [0.5, 0.6) is 0 Å². The minimum absolute atomic E-state index is 0.0193. The fourth-order valence-corrected chi connectivity index (χ4v) is 3.49. The molecule has 3 heterocycles. The number of fused-ring (bicyclic) bond motifs is 1. The van der Waals surface area contributed by atoms with Gasteiger partial charge in [0.25, 0.3) is 5.91 Å². The van der Waals surface area contributed by atoms with Crippen LogP contribution in [0, 0.1) is 5.92 Å². The van der Waals surface area contributed by atoms with E-state index in [0.29, 0.717) is 13.1 Å². The molecular formula is C16H23N3O3. The Bertz CT molecular complexity index is 581. The van der Waals surface area contributed by atoms with E-state index in [2.05, 4.69) is 9.88 Å². The minimum Gasteiger partial charge on any atom is -0.391 e. The molecule has 6 nitrogen and oxygen atoms in total. The zero-order valence-corrected chi connectivity index (χ0v) is 12.9.